The van der Waals surface area contributed by atoms with Crippen LogP contribution >= 0.6 is 27.3 Å². The predicted octanol–water partition coefficient (Wildman–Crippen LogP) is 5.72. The lowest BCUT2D eigenvalue weighted by atomic mass is 9.95. The number of esters is 1. The number of hydrogen-bond donors (Lipinski definition) is 0. The molecule has 44 heavy (non-hydrogen) atoms. The van der Waals surface area contributed by atoms with Gasteiger partial charge in [0.2, 0.25) is 0 Å². The molecule has 0 aliphatic carbocycles. The van der Waals surface area contributed by atoms with Gasteiger partial charge in [-0.1, -0.05) is 59.4 Å². The van der Waals surface area contributed by atoms with Gasteiger partial charge in [-0.2, -0.15) is 5.26 Å². The largest absolute Gasteiger partial charge is 0.490 e. The van der Waals surface area contributed by atoms with Gasteiger partial charge in [0.1, 0.15) is 6.61 Å². The van der Waals surface area contributed by atoms with Crippen molar-refractivity contribution in [3.05, 3.63) is 124 Å². The minimum Gasteiger partial charge on any atom is -0.490 e. The Labute approximate surface area is 267 Å². The number of aromatic nitrogens is 1. The summed E-state index contributed by atoms with van der Waals surface area (Å²) >= 11 is 4.87. The summed E-state index contributed by atoms with van der Waals surface area (Å²) in [5.41, 5.74) is 4.46. The zero-order chi connectivity index (χ0) is 31.4. The molecule has 224 valence electrons. The SMILES string of the molecule is CCOC(=O)C1=C(C)N=c2s/c(=C/c3cc(Br)c(OCc4ccccc4C#N)c(OCC)c3)c(=O)n2[C@H]1c1ccc(C)cc1. The van der Waals surface area contributed by atoms with E-state index in [1.54, 1.807) is 30.6 Å². The first-order valence-corrected chi connectivity index (χ1v) is 15.7. The molecule has 0 fully saturated rings. The van der Waals surface area contributed by atoms with E-state index in [1.807, 2.05) is 68.4 Å². The third-order valence-corrected chi connectivity index (χ3v) is 8.62. The molecule has 8 nitrogen and oxygen atoms in total. The van der Waals surface area contributed by atoms with E-state index < -0.39 is 12.0 Å². The maximum atomic E-state index is 14.0. The average Bonchev–Trinajstić information content (AvgIpc) is 3.30. The van der Waals surface area contributed by atoms with Gasteiger partial charge in [0.15, 0.2) is 16.3 Å². The van der Waals surface area contributed by atoms with Crippen LogP contribution in [0.1, 0.15) is 54.6 Å². The van der Waals surface area contributed by atoms with Crippen molar-refractivity contribution in [2.24, 2.45) is 4.99 Å². The number of allylic oxidation sites excluding steroid dienone is 1. The molecule has 0 bridgehead atoms. The van der Waals surface area contributed by atoms with E-state index in [0.29, 0.717) is 54.3 Å². The van der Waals surface area contributed by atoms with Gasteiger partial charge >= 0.3 is 5.97 Å². The fraction of sp³-hybridized carbons (Fsp3) is 0.235. The first kappa shape index (κ1) is 31.0. The van der Waals surface area contributed by atoms with Gasteiger partial charge in [0.05, 0.1) is 51.2 Å². The van der Waals surface area contributed by atoms with Crippen LogP contribution in [-0.2, 0) is 16.1 Å². The first-order valence-electron chi connectivity index (χ1n) is 14.1. The highest BCUT2D eigenvalue weighted by Crippen LogP contribution is 2.38. The quantitative estimate of drug-likeness (QED) is 0.211. The number of ether oxygens (including phenoxy) is 3. The highest BCUT2D eigenvalue weighted by atomic mass is 79.9. The van der Waals surface area contributed by atoms with Crippen molar-refractivity contribution in [2.45, 2.75) is 40.3 Å². The topological polar surface area (TPSA) is 103 Å². The molecule has 0 unspecified atom stereocenters. The Bertz CT molecular complexity index is 1990. The third-order valence-electron chi connectivity index (χ3n) is 7.05. The van der Waals surface area contributed by atoms with Crippen LogP contribution in [0, 0.1) is 18.3 Å². The Morgan fingerprint density at radius 2 is 1.84 bits per heavy atom. The Balaban J connectivity index is 1.58. The molecule has 1 aliphatic heterocycles. The molecule has 1 atom stereocenters. The molecule has 4 aromatic rings. The molecular formula is C34H30BrN3O5S. The molecule has 0 amide bonds. The fourth-order valence-corrected chi connectivity index (χ4v) is 6.61. The lowest BCUT2D eigenvalue weighted by Crippen LogP contribution is -2.39. The molecule has 1 aromatic heterocycles. The summed E-state index contributed by atoms with van der Waals surface area (Å²) in [6, 6.07) is 20.2. The van der Waals surface area contributed by atoms with E-state index in [4.69, 9.17) is 14.2 Å². The maximum absolute atomic E-state index is 14.0. The number of thiazole rings is 1. The second kappa shape index (κ2) is 13.5. The van der Waals surface area contributed by atoms with Crippen molar-refractivity contribution in [1.29, 1.82) is 5.26 Å². The van der Waals surface area contributed by atoms with E-state index in [1.165, 1.54) is 11.3 Å². The summed E-state index contributed by atoms with van der Waals surface area (Å²) in [4.78, 5) is 32.3. The van der Waals surface area contributed by atoms with Gasteiger partial charge in [0.25, 0.3) is 5.56 Å². The molecule has 0 spiro atoms. The molecular weight excluding hydrogens is 642 g/mol. The minimum atomic E-state index is -0.675. The van der Waals surface area contributed by atoms with Crippen LogP contribution in [0.15, 0.2) is 86.2 Å². The van der Waals surface area contributed by atoms with Crippen molar-refractivity contribution in [3.63, 3.8) is 0 Å². The highest BCUT2D eigenvalue weighted by molar-refractivity contribution is 9.10. The molecule has 0 N–H and O–H groups in total. The van der Waals surface area contributed by atoms with Crippen molar-refractivity contribution in [3.8, 4) is 17.6 Å². The Kier molecular flexibility index (Phi) is 9.47. The average molecular weight is 673 g/mol. The van der Waals surface area contributed by atoms with E-state index in [2.05, 4.69) is 27.0 Å². The number of halogens is 1. The Hall–Kier alpha value is -4.46. The fourth-order valence-electron chi connectivity index (χ4n) is 4.99. The summed E-state index contributed by atoms with van der Waals surface area (Å²) in [5.74, 6) is 0.493. The predicted molar refractivity (Wildman–Crippen MR) is 172 cm³/mol. The van der Waals surface area contributed by atoms with Gasteiger partial charge in [-0.25, -0.2) is 9.79 Å². The second-order valence-corrected chi connectivity index (χ2v) is 11.9. The first-order chi connectivity index (χ1) is 21.2. The number of carbonyl (C=O) groups excluding carboxylic acids is 1. The monoisotopic (exact) mass is 671 g/mol. The third kappa shape index (κ3) is 6.25. The van der Waals surface area contributed by atoms with Crippen molar-refractivity contribution < 1.29 is 19.0 Å². The number of aryl methyl sites for hydroxylation is 1. The van der Waals surface area contributed by atoms with Crippen LogP contribution in [0.4, 0.5) is 0 Å². The highest BCUT2D eigenvalue weighted by Gasteiger charge is 2.33. The molecule has 5 rings (SSSR count). The van der Waals surface area contributed by atoms with E-state index in [9.17, 15) is 14.9 Å². The van der Waals surface area contributed by atoms with Crippen LogP contribution in [0.5, 0.6) is 11.5 Å². The number of benzene rings is 3. The number of nitriles is 1. The molecule has 0 radical (unpaired) electrons. The molecule has 1 aliphatic rings. The minimum absolute atomic E-state index is 0.182. The van der Waals surface area contributed by atoms with E-state index in [-0.39, 0.29) is 18.8 Å². The summed E-state index contributed by atoms with van der Waals surface area (Å²) in [7, 11) is 0. The normalized spacial score (nSPS) is 14.5. The number of fused-ring (bicyclic) bond motifs is 1. The number of nitrogens with zero attached hydrogens (tertiary/aromatic N) is 3. The van der Waals surface area contributed by atoms with Crippen LogP contribution in [0.3, 0.4) is 0 Å². The van der Waals surface area contributed by atoms with Gasteiger partial charge in [-0.05, 0) is 79.0 Å². The summed E-state index contributed by atoms with van der Waals surface area (Å²) in [6.45, 7) is 8.17. The smallest absolute Gasteiger partial charge is 0.338 e. The van der Waals surface area contributed by atoms with E-state index >= 15 is 0 Å². The summed E-state index contributed by atoms with van der Waals surface area (Å²) < 4.78 is 20.1. The van der Waals surface area contributed by atoms with Gasteiger partial charge in [0, 0.05) is 5.56 Å². The molecule has 0 saturated carbocycles. The second-order valence-electron chi connectivity index (χ2n) is 10.0. The van der Waals surface area contributed by atoms with Crippen molar-refractivity contribution in [2.75, 3.05) is 13.2 Å². The molecule has 10 heteroatoms. The van der Waals surface area contributed by atoms with Gasteiger partial charge in [-0.3, -0.25) is 9.36 Å². The van der Waals surface area contributed by atoms with Gasteiger partial charge in [-0.15, -0.1) is 0 Å². The summed E-state index contributed by atoms with van der Waals surface area (Å²) in [5, 5.41) is 9.44. The van der Waals surface area contributed by atoms with Crippen LogP contribution < -0.4 is 24.4 Å². The van der Waals surface area contributed by atoms with Crippen molar-refractivity contribution >= 4 is 39.3 Å². The molecule has 3 aromatic carbocycles. The number of carbonyl (C=O) groups is 1. The lowest BCUT2D eigenvalue weighted by molar-refractivity contribution is -0.139. The zero-order valence-electron chi connectivity index (χ0n) is 24.7. The van der Waals surface area contributed by atoms with E-state index in [0.717, 1.165) is 16.7 Å². The van der Waals surface area contributed by atoms with Crippen LogP contribution in [-0.4, -0.2) is 23.8 Å². The molecule has 0 saturated heterocycles. The standard InChI is InChI=1S/C34H30BrN3O5S/c1-5-41-27-16-22(15-26(35)31(27)43-19-25-10-8-7-9-24(25)18-36)17-28-32(39)38-30(23-13-11-20(3)12-14-23)29(33(40)42-6-2)21(4)37-34(38)44-28/h7-17,30H,5-6,19H2,1-4H3/b28-17+/t30-/m0/s1. The summed E-state index contributed by atoms with van der Waals surface area (Å²) in [6.07, 6.45) is 1.78. The molecule has 2 heterocycles. The lowest BCUT2D eigenvalue weighted by Gasteiger charge is -2.24. The Morgan fingerprint density at radius 1 is 1.09 bits per heavy atom. The number of rotatable bonds is 9. The Morgan fingerprint density at radius 3 is 2.55 bits per heavy atom. The number of hydrogen-bond acceptors (Lipinski definition) is 8. The van der Waals surface area contributed by atoms with Gasteiger partial charge < -0.3 is 14.2 Å². The van der Waals surface area contributed by atoms with Crippen molar-refractivity contribution in [1.82, 2.24) is 4.57 Å². The zero-order valence-corrected chi connectivity index (χ0v) is 27.1. The van der Waals surface area contributed by atoms with Crippen LogP contribution in [0.25, 0.3) is 6.08 Å². The maximum Gasteiger partial charge on any atom is 0.338 e. The van der Waals surface area contributed by atoms with Crippen LogP contribution in [0.2, 0.25) is 0 Å².